The molecule has 0 saturated heterocycles. The average Bonchev–Trinajstić information content (AvgIpc) is 3.00. The minimum atomic E-state index is -3.58. The van der Waals surface area contributed by atoms with Crippen LogP contribution in [0.5, 0.6) is 5.75 Å². The zero-order chi connectivity index (χ0) is 30.7. The first-order chi connectivity index (χ1) is 20.7. The molecule has 0 radical (unpaired) electrons. The summed E-state index contributed by atoms with van der Waals surface area (Å²) in [5, 5.41) is 7.39. The molecule has 43 heavy (non-hydrogen) atoms. The molecule has 0 fully saturated rings. The summed E-state index contributed by atoms with van der Waals surface area (Å²) in [7, 11) is -3.58. The van der Waals surface area contributed by atoms with Gasteiger partial charge in [-0.25, -0.2) is 13.8 Å². The van der Waals surface area contributed by atoms with Gasteiger partial charge in [0.1, 0.15) is 5.75 Å². The van der Waals surface area contributed by atoms with Gasteiger partial charge in [-0.3, -0.25) is 13.9 Å². The Labute approximate surface area is 256 Å². The van der Waals surface area contributed by atoms with E-state index in [2.05, 4.69) is 15.8 Å². The van der Waals surface area contributed by atoms with Crippen LogP contribution in [0.15, 0.2) is 108 Å². The summed E-state index contributed by atoms with van der Waals surface area (Å²) < 4.78 is 31.7. The van der Waals surface area contributed by atoms with E-state index >= 15 is 0 Å². The lowest BCUT2D eigenvalue weighted by Crippen LogP contribution is -2.30. The van der Waals surface area contributed by atoms with Crippen molar-refractivity contribution in [3.63, 3.8) is 0 Å². The smallest absolute Gasteiger partial charge is 0.271 e. The number of carbonyl (C=O) groups is 2. The zero-order valence-electron chi connectivity index (χ0n) is 23.4. The fraction of sp³-hybridized carbons (Fsp3) is 0.156. The number of hydrogen-bond acceptors (Lipinski definition) is 6. The standard InChI is InChI=1S/C32H31ClN4O5S/c1-43(40,41)37(22-26-7-13-28(33)14-8-26)29-15-11-27(12-16-29)32(39)36-35-21-25-9-17-30(18-10-25)42-23-31(38)34-20-19-24-5-3-2-4-6-24/h2-18,21H,19-20,22-23H2,1H3,(H,34,38)(H,36,39)/b35-21-. The topological polar surface area (TPSA) is 117 Å². The number of hydrogen-bond donors (Lipinski definition) is 2. The molecule has 0 aliphatic carbocycles. The average molecular weight is 619 g/mol. The second-order valence-corrected chi connectivity index (χ2v) is 11.9. The number of sulfonamides is 1. The lowest BCUT2D eigenvalue weighted by molar-refractivity contribution is -0.123. The minimum absolute atomic E-state index is 0.0971. The highest BCUT2D eigenvalue weighted by molar-refractivity contribution is 7.92. The third-order valence-electron chi connectivity index (χ3n) is 6.27. The normalized spacial score (nSPS) is 11.2. The fourth-order valence-electron chi connectivity index (χ4n) is 4.01. The Kier molecular flexibility index (Phi) is 10.9. The molecule has 0 aliphatic heterocycles. The van der Waals surface area contributed by atoms with Gasteiger partial charge in [-0.05, 0) is 83.8 Å². The van der Waals surface area contributed by atoms with E-state index in [1.165, 1.54) is 22.7 Å². The van der Waals surface area contributed by atoms with E-state index in [4.69, 9.17) is 16.3 Å². The van der Waals surface area contributed by atoms with E-state index in [-0.39, 0.29) is 19.1 Å². The molecule has 0 aromatic heterocycles. The molecular formula is C32H31ClN4O5S. The van der Waals surface area contributed by atoms with Crippen LogP contribution in [-0.4, -0.2) is 45.9 Å². The first-order valence-corrected chi connectivity index (χ1v) is 15.6. The first kappa shape index (κ1) is 31.3. The number of amides is 2. The molecule has 0 atom stereocenters. The molecule has 0 aliphatic rings. The quantitative estimate of drug-likeness (QED) is 0.165. The van der Waals surface area contributed by atoms with Gasteiger partial charge >= 0.3 is 0 Å². The Morgan fingerprint density at radius 3 is 2.21 bits per heavy atom. The van der Waals surface area contributed by atoms with Crippen molar-refractivity contribution < 1.29 is 22.7 Å². The number of hydrazone groups is 1. The number of benzene rings is 4. The van der Waals surface area contributed by atoms with Gasteiger partial charge in [0.05, 0.1) is 24.7 Å². The van der Waals surface area contributed by atoms with E-state index in [1.54, 1.807) is 60.7 Å². The number of nitrogens with zero attached hydrogens (tertiary/aromatic N) is 2. The molecule has 0 heterocycles. The SMILES string of the molecule is CS(=O)(=O)N(Cc1ccc(Cl)cc1)c1ccc(C(=O)N/N=C\c2ccc(OCC(=O)NCCc3ccccc3)cc2)cc1. The maximum absolute atomic E-state index is 12.6. The monoisotopic (exact) mass is 618 g/mol. The highest BCUT2D eigenvalue weighted by Gasteiger charge is 2.18. The number of rotatable bonds is 13. The van der Waals surface area contributed by atoms with Gasteiger partial charge in [-0.15, -0.1) is 0 Å². The predicted octanol–water partition coefficient (Wildman–Crippen LogP) is 4.81. The number of anilines is 1. The molecule has 0 unspecified atom stereocenters. The third kappa shape index (κ3) is 9.98. The molecule has 2 amide bonds. The zero-order valence-corrected chi connectivity index (χ0v) is 25.0. The third-order valence-corrected chi connectivity index (χ3v) is 7.66. The van der Waals surface area contributed by atoms with Crippen molar-refractivity contribution in [1.29, 1.82) is 0 Å². The summed E-state index contributed by atoms with van der Waals surface area (Å²) in [5.74, 6) is -0.133. The summed E-state index contributed by atoms with van der Waals surface area (Å²) in [6.07, 6.45) is 3.35. The lowest BCUT2D eigenvalue weighted by Gasteiger charge is -2.22. The number of nitrogens with one attached hydrogen (secondary N) is 2. The number of ether oxygens (including phenoxy) is 1. The van der Waals surface area contributed by atoms with Crippen molar-refractivity contribution in [2.45, 2.75) is 13.0 Å². The summed E-state index contributed by atoms with van der Waals surface area (Å²) in [5.41, 5.74) is 5.82. The van der Waals surface area contributed by atoms with Gasteiger partial charge in [-0.2, -0.15) is 5.10 Å². The van der Waals surface area contributed by atoms with E-state index < -0.39 is 15.9 Å². The molecule has 4 rings (SSSR count). The molecular weight excluding hydrogens is 588 g/mol. The maximum atomic E-state index is 12.6. The van der Waals surface area contributed by atoms with Gasteiger partial charge in [0.2, 0.25) is 10.0 Å². The molecule has 11 heteroatoms. The lowest BCUT2D eigenvalue weighted by atomic mass is 10.1. The summed E-state index contributed by atoms with van der Waals surface area (Å²) in [6, 6.07) is 29.9. The molecule has 9 nitrogen and oxygen atoms in total. The highest BCUT2D eigenvalue weighted by atomic mass is 35.5. The Hall–Kier alpha value is -4.67. The van der Waals surface area contributed by atoms with Crippen LogP contribution >= 0.6 is 11.6 Å². The van der Waals surface area contributed by atoms with Crippen molar-refractivity contribution >= 4 is 45.3 Å². The molecule has 0 spiro atoms. The van der Waals surface area contributed by atoms with Gasteiger partial charge in [0.25, 0.3) is 11.8 Å². The van der Waals surface area contributed by atoms with E-state index in [9.17, 15) is 18.0 Å². The van der Waals surface area contributed by atoms with Gasteiger partial charge < -0.3 is 10.1 Å². The van der Waals surface area contributed by atoms with E-state index in [0.717, 1.165) is 23.8 Å². The van der Waals surface area contributed by atoms with Crippen molar-refractivity contribution in [3.05, 3.63) is 130 Å². The molecule has 2 N–H and O–H groups in total. The summed E-state index contributed by atoms with van der Waals surface area (Å²) in [4.78, 5) is 24.6. The largest absolute Gasteiger partial charge is 0.484 e. The summed E-state index contributed by atoms with van der Waals surface area (Å²) >= 11 is 5.93. The van der Waals surface area contributed by atoms with Crippen molar-refractivity contribution in [2.24, 2.45) is 5.10 Å². The van der Waals surface area contributed by atoms with Gasteiger partial charge in [0.15, 0.2) is 6.61 Å². The van der Waals surface area contributed by atoms with Crippen molar-refractivity contribution in [1.82, 2.24) is 10.7 Å². The number of carbonyl (C=O) groups excluding carboxylic acids is 2. The van der Waals surface area contributed by atoms with Gasteiger partial charge in [-0.1, -0.05) is 54.1 Å². The van der Waals surface area contributed by atoms with Crippen LogP contribution in [-0.2, 0) is 27.8 Å². The molecule has 4 aromatic carbocycles. The first-order valence-electron chi connectivity index (χ1n) is 13.4. The van der Waals surface area contributed by atoms with E-state index in [0.29, 0.717) is 34.1 Å². The van der Waals surface area contributed by atoms with Crippen LogP contribution in [0.3, 0.4) is 0 Å². The van der Waals surface area contributed by atoms with Crippen LogP contribution in [0.25, 0.3) is 0 Å². The van der Waals surface area contributed by atoms with E-state index in [1.807, 2.05) is 30.3 Å². The Balaban J connectivity index is 1.24. The summed E-state index contributed by atoms with van der Waals surface area (Å²) in [6.45, 7) is 0.554. The molecule has 0 saturated carbocycles. The Morgan fingerprint density at radius 2 is 1.56 bits per heavy atom. The van der Waals surface area contributed by atoms with Crippen molar-refractivity contribution in [2.75, 3.05) is 23.7 Å². The minimum Gasteiger partial charge on any atom is -0.484 e. The van der Waals surface area contributed by atoms with Crippen LogP contribution in [0.2, 0.25) is 5.02 Å². The maximum Gasteiger partial charge on any atom is 0.271 e. The van der Waals surface area contributed by atoms with Crippen LogP contribution in [0, 0.1) is 0 Å². The van der Waals surface area contributed by atoms with Crippen LogP contribution < -0.4 is 19.8 Å². The molecule has 222 valence electrons. The fourth-order valence-corrected chi connectivity index (χ4v) is 5.02. The number of halogens is 1. The predicted molar refractivity (Wildman–Crippen MR) is 169 cm³/mol. The highest BCUT2D eigenvalue weighted by Crippen LogP contribution is 2.22. The second kappa shape index (κ2) is 15.0. The molecule has 0 bridgehead atoms. The van der Waals surface area contributed by atoms with Gasteiger partial charge in [0, 0.05) is 17.1 Å². The van der Waals surface area contributed by atoms with Crippen LogP contribution in [0.4, 0.5) is 5.69 Å². The molecule has 4 aromatic rings. The van der Waals surface area contributed by atoms with Crippen LogP contribution in [0.1, 0.15) is 27.0 Å². The Morgan fingerprint density at radius 1 is 0.884 bits per heavy atom. The van der Waals surface area contributed by atoms with Crippen molar-refractivity contribution in [3.8, 4) is 5.75 Å². The Bertz CT molecular complexity index is 1650. The second-order valence-electron chi connectivity index (χ2n) is 9.59.